The number of anilines is 1. The molecule has 11 heteroatoms. The van der Waals surface area contributed by atoms with Crippen LogP contribution in [0.5, 0.6) is 0 Å². The minimum Gasteiger partial charge on any atom is -0.324 e. The van der Waals surface area contributed by atoms with Crippen LogP contribution >= 0.6 is 35.0 Å². The summed E-state index contributed by atoms with van der Waals surface area (Å²) in [7, 11) is 0. The maximum atomic E-state index is 12.8. The molecule has 0 unspecified atom stereocenters. The van der Waals surface area contributed by atoms with Gasteiger partial charge in [-0.2, -0.15) is 13.2 Å². The van der Waals surface area contributed by atoms with Crippen molar-refractivity contribution in [2.75, 3.05) is 11.1 Å². The second kappa shape index (κ2) is 8.42. The van der Waals surface area contributed by atoms with E-state index >= 15 is 0 Å². The number of hydrogen-bond acceptors (Lipinski definition) is 4. The van der Waals surface area contributed by atoms with Gasteiger partial charge in [-0.1, -0.05) is 41.0 Å². The zero-order chi connectivity index (χ0) is 20.3. The molecule has 146 valence electrons. The molecule has 2 aromatic carbocycles. The Labute approximate surface area is 171 Å². The van der Waals surface area contributed by atoms with Crippen LogP contribution in [-0.4, -0.2) is 26.4 Å². The first-order valence-corrected chi connectivity index (χ1v) is 9.43. The molecule has 0 bridgehead atoms. The van der Waals surface area contributed by atoms with Crippen molar-refractivity contribution in [3.05, 3.63) is 64.4 Å². The zero-order valence-corrected chi connectivity index (χ0v) is 16.2. The third kappa shape index (κ3) is 4.98. The fraction of sp³-hybridized carbons (Fsp3) is 0.118. The molecule has 0 atom stereocenters. The standard InChI is InChI=1S/C17H11Cl2F3N4OS/c18-11-2-1-3-12(7-11)26-9-23-25-16(26)28-8-15(27)24-14-6-10(17(20,21)22)4-5-13(14)19/h1-7,9H,8H2,(H,24,27). The lowest BCUT2D eigenvalue weighted by atomic mass is 10.2. The predicted molar refractivity (Wildman–Crippen MR) is 102 cm³/mol. The van der Waals surface area contributed by atoms with Crippen molar-refractivity contribution in [2.45, 2.75) is 11.3 Å². The van der Waals surface area contributed by atoms with Crippen LogP contribution in [0.25, 0.3) is 5.69 Å². The third-order valence-electron chi connectivity index (χ3n) is 3.50. The van der Waals surface area contributed by atoms with Crippen molar-refractivity contribution in [1.82, 2.24) is 14.8 Å². The summed E-state index contributed by atoms with van der Waals surface area (Å²) in [6.07, 6.45) is -3.07. The number of thioether (sulfide) groups is 1. The third-order valence-corrected chi connectivity index (χ3v) is 5.01. The SMILES string of the molecule is O=C(CSc1nncn1-c1cccc(Cl)c1)Nc1cc(C(F)(F)F)ccc1Cl. The lowest BCUT2D eigenvalue weighted by Gasteiger charge is -2.11. The van der Waals surface area contributed by atoms with Crippen LogP contribution in [-0.2, 0) is 11.0 Å². The van der Waals surface area contributed by atoms with E-state index in [0.717, 1.165) is 30.0 Å². The number of carbonyl (C=O) groups is 1. The molecular weight excluding hydrogens is 436 g/mol. The molecule has 1 heterocycles. The molecule has 0 fully saturated rings. The second-order valence-corrected chi connectivity index (χ2v) is 7.28. The number of nitrogens with one attached hydrogen (secondary N) is 1. The first-order chi connectivity index (χ1) is 13.2. The highest BCUT2D eigenvalue weighted by atomic mass is 35.5. The monoisotopic (exact) mass is 446 g/mol. The average Bonchev–Trinajstić information content (AvgIpc) is 3.09. The van der Waals surface area contributed by atoms with E-state index in [4.69, 9.17) is 23.2 Å². The summed E-state index contributed by atoms with van der Waals surface area (Å²) < 4.78 is 40.1. The predicted octanol–water partition coefficient (Wildman–Crippen LogP) is 5.32. The van der Waals surface area contributed by atoms with E-state index < -0.39 is 17.6 Å². The quantitative estimate of drug-likeness (QED) is 0.538. The Morgan fingerprint density at radius 1 is 1.18 bits per heavy atom. The molecule has 1 amide bonds. The largest absolute Gasteiger partial charge is 0.416 e. The summed E-state index contributed by atoms with van der Waals surface area (Å²) in [5, 5.41) is 11.1. The average molecular weight is 447 g/mol. The Morgan fingerprint density at radius 3 is 2.68 bits per heavy atom. The van der Waals surface area contributed by atoms with Gasteiger partial charge >= 0.3 is 6.18 Å². The van der Waals surface area contributed by atoms with Gasteiger partial charge in [-0.3, -0.25) is 9.36 Å². The van der Waals surface area contributed by atoms with Crippen molar-refractivity contribution in [3.8, 4) is 5.69 Å². The van der Waals surface area contributed by atoms with Gasteiger partial charge in [0.1, 0.15) is 6.33 Å². The fourth-order valence-corrected chi connectivity index (χ4v) is 3.32. The van der Waals surface area contributed by atoms with Crippen LogP contribution in [0, 0.1) is 0 Å². The lowest BCUT2D eigenvalue weighted by molar-refractivity contribution is -0.137. The number of hydrogen-bond donors (Lipinski definition) is 1. The van der Waals surface area contributed by atoms with E-state index in [1.54, 1.807) is 28.8 Å². The number of aromatic nitrogens is 3. The lowest BCUT2D eigenvalue weighted by Crippen LogP contribution is -2.16. The van der Waals surface area contributed by atoms with Crippen LogP contribution in [0.15, 0.2) is 53.9 Å². The Hall–Kier alpha value is -2.23. The van der Waals surface area contributed by atoms with Crippen LogP contribution in [0.2, 0.25) is 10.0 Å². The summed E-state index contributed by atoms with van der Waals surface area (Å²) in [5.74, 6) is -0.641. The van der Waals surface area contributed by atoms with Gasteiger partial charge in [0.25, 0.3) is 0 Å². The van der Waals surface area contributed by atoms with Crippen LogP contribution in [0.4, 0.5) is 18.9 Å². The number of alkyl halides is 3. The Kier molecular flexibility index (Phi) is 6.17. The number of rotatable bonds is 5. The molecule has 0 radical (unpaired) electrons. The number of halogens is 5. The number of benzene rings is 2. The fourth-order valence-electron chi connectivity index (χ4n) is 2.24. The van der Waals surface area contributed by atoms with Crippen molar-refractivity contribution < 1.29 is 18.0 Å². The summed E-state index contributed by atoms with van der Waals surface area (Å²) in [6.45, 7) is 0. The second-order valence-electron chi connectivity index (χ2n) is 5.49. The molecule has 0 saturated carbocycles. The van der Waals surface area contributed by atoms with Gasteiger partial charge in [0.15, 0.2) is 5.16 Å². The van der Waals surface area contributed by atoms with E-state index in [1.807, 2.05) is 0 Å². The molecule has 1 aromatic heterocycles. The number of nitrogens with zero attached hydrogens (tertiary/aromatic N) is 3. The molecule has 3 aromatic rings. The summed E-state index contributed by atoms with van der Waals surface area (Å²) in [4.78, 5) is 12.2. The first-order valence-electron chi connectivity index (χ1n) is 7.69. The van der Waals surface area contributed by atoms with Crippen molar-refractivity contribution in [3.63, 3.8) is 0 Å². The minimum atomic E-state index is -4.54. The summed E-state index contributed by atoms with van der Waals surface area (Å²) >= 11 is 12.9. The van der Waals surface area contributed by atoms with Gasteiger partial charge in [-0.25, -0.2) is 0 Å². The molecule has 0 aliphatic rings. The summed E-state index contributed by atoms with van der Waals surface area (Å²) in [5.41, 5.74) is -0.305. The van der Waals surface area contributed by atoms with Gasteiger partial charge in [0.2, 0.25) is 5.91 Å². The van der Waals surface area contributed by atoms with E-state index in [2.05, 4.69) is 15.5 Å². The molecule has 0 aliphatic heterocycles. The van der Waals surface area contributed by atoms with Crippen LogP contribution in [0.1, 0.15) is 5.56 Å². The van der Waals surface area contributed by atoms with E-state index in [-0.39, 0.29) is 16.5 Å². The highest BCUT2D eigenvalue weighted by Gasteiger charge is 2.31. The number of carbonyl (C=O) groups excluding carboxylic acids is 1. The van der Waals surface area contributed by atoms with Crippen molar-refractivity contribution in [2.24, 2.45) is 0 Å². The highest BCUT2D eigenvalue weighted by Crippen LogP contribution is 2.34. The Morgan fingerprint density at radius 2 is 1.96 bits per heavy atom. The maximum Gasteiger partial charge on any atom is 0.416 e. The van der Waals surface area contributed by atoms with E-state index in [9.17, 15) is 18.0 Å². The van der Waals surface area contributed by atoms with Crippen LogP contribution in [0.3, 0.4) is 0 Å². The molecule has 28 heavy (non-hydrogen) atoms. The molecule has 5 nitrogen and oxygen atoms in total. The maximum absolute atomic E-state index is 12.8. The van der Waals surface area contributed by atoms with Gasteiger partial charge in [-0.15, -0.1) is 10.2 Å². The Bertz CT molecular complexity index is 1010. The Balaban J connectivity index is 1.69. The zero-order valence-electron chi connectivity index (χ0n) is 13.9. The van der Waals surface area contributed by atoms with Gasteiger partial charge in [0, 0.05) is 5.02 Å². The normalized spacial score (nSPS) is 11.5. The van der Waals surface area contributed by atoms with E-state index in [0.29, 0.717) is 15.9 Å². The molecule has 0 aliphatic carbocycles. The van der Waals surface area contributed by atoms with Gasteiger partial charge in [-0.05, 0) is 36.4 Å². The molecule has 3 rings (SSSR count). The smallest absolute Gasteiger partial charge is 0.324 e. The number of amides is 1. The minimum absolute atomic E-state index is 0.00782. The molecular formula is C17H11Cl2F3N4OS. The highest BCUT2D eigenvalue weighted by molar-refractivity contribution is 7.99. The molecule has 0 spiro atoms. The van der Waals surface area contributed by atoms with E-state index in [1.165, 1.54) is 6.33 Å². The summed E-state index contributed by atoms with van der Waals surface area (Å²) in [6, 6.07) is 9.70. The first kappa shape index (κ1) is 20.5. The topological polar surface area (TPSA) is 59.8 Å². The van der Waals surface area contributed by atoms with Crippen LogP contribution < -0.4 is 5.32 Å². The van der Waals surface area contributed by atoms with Crippen molar-refractivity contribution >= 4 is 46.6 Å². The molecule has 0 saturated heterocycles. The molecule has 1 N–H and O–H groups in total. The van der Waals surface area contributed by atoms with Crippen molar-refractivity contribution in [1.29, 1.82) is 0 Å². The van der Waals surface area contributed by atoms with Gasteiger partial charge in [0.05, 0.1) is 27.7 Å². The van der Waals surface area contributed by atoms with Gasteiger partial charge < -0.3 is 5.32 Å².